The molecule has 0 aromatic heterocycles. The van der Waals surface area contributed by atoms with Crippen molar-refractivity contribution in [2.24, 2.45) is 5.92 Å². The molecule has 2 N–H and O–H groups in total. The third-order valence-electron chi connectivity index (χ3n) is 4.83. The Kier molecular flexibility index (Phi) is 5.50. The van der Waals surface area contributed by atoms with E-state index in [9.17, 15) is 14.4 Å². The van der Waals surface area contributed by atoms with E-state index < -0.39 is 6.04 Å². The van der Waals surface area contributed by atoms with Crippen molar-refractivity contribution >= 4 is 23.5 Å². The zero-order chi connectivity index (χ0) is 19.4. The predicted molar refractivity (Wildman–Crippen MR) is 99.2 cm³/mol. The summed E-state index contributed by atoms with van der Waals surface area (Å²) >= 11 is 0. The average Bonchev–Trinajstić information content (AvgIpc) is 3.33. The second kappa shape index (κ2) is 7.99. The Morgan fingerprint density at radius 1 is 1.33 bits per heavy atom. The molecule has 2 unspecified atom stereocenters. The van der Waals surface area contributed by atoms with E-state index >= 15 is 0 Å². The van der Waals surface area contributed by atoms with Gasteiger partial charge in [0.1, 0.15) is 11.8 Å². The van der Waals surface area contributed by atoms with E-state index in [0.29, 0.717) is 30.9 Å². The highest BCUT2D eigenvalue weighted by molar-refractivity contribution is 6.00. The van der Waals surface area contributed by atoms with E-state index in [4.69, 9.17) is 11.2 Å². The van der Waals surface area contributed by atoms with Crippen LogP contribution in [0.2, 0.25) is 0 Å². The summed E-state index contributed by atoms with van der Waals surface area (Å²) in [7, 11) is 1.57. The van der Waals surface area contributed by atoms with Crippen molar-refractivity contribution in [1.29, 1.82) is 0 Å². The van der Waals surface area contributed by atoms with E-state index in [0.717, 1.165) is 0 Å². The Hall–Kier alpha value is -3.21. The summed E-state index contributed by atoms with van der Waals surface area (Å²) in [4.78, 5) is 40.2. The van der Waals surface area contributed by atoms with Crippen molar-refractivity contribution in [1.82, 2.24) is 15.5 Å². The van der Waals surface area contributed by atoms with Crippen molar-refractivity contribution < 1.29 is 19.1 Å². The summed E-state index contributed by atoms with van der Waals surface area (Å²) in [6, 6.07) is 6.11. The summed E-state index contributed by atoms with van der Waals surface area (Å²) in [5, 5.41) is 5.37. The number of nitrogens with one attached hydrogen (secondary N) is 2. The second-order valence-corrected chi connectivity index (χ2v) is 6.50. The van der Waals surface area contributed by atoms with E-state index in [1.165, 1.54) is 4.90 Å². The van der Waals surface area contributed by atoms with Crippen LogP contribution in [-0.4, -0.2) is 62.1 Å². The third-order valence-corrected chi connectivity index (χ3v) is 4.83. The number of anilines is 1. The first-order valence-corrected chi connectivity index (χ1v) is 8.75. The van der Waals surface area contributed by atoms with Crippen LogP contribution < -0.4 is 20.3 Å². The molecule has 2 atom stereocenters. The standard InChI is InChI=1S/C19H22N4O4/c1-3-9-20-17(24)13-8-10-22(11-13)18(25)16-12-23(19(26)21-16)14-4-6-15(27-2)7-5-14/h1,4-7,13,16H,8-12H2,2H3,(H,20,24)(H,21,26). The van der Waals surface area contributed by atoms with E-state index in [1.807, 2.05) is 0 Å². The monoisotopic (exact) mass is 370 g/mol. The minimum Gasteiger partial charge on any atom is -0.497 e. The van der Waals surface area contributed by atoms with Gasteiger partial charge in [0, 0.05) is 18.8 Å². The molecule has 2 saturated heterocycles. The van der Waals surface area contributed by atoms with Gasteiger partial charge in [-0.2, -0.15) is 0 Å². The van der Waals surface area contributed by atoms with Crippen LogP contribution in [0, 0.1) is 18.3 Å². The highest BCUT2D eigenvalue weighted by atomic mass is 16.5. The number of hydrogen-bond acceptors (Lipinski definition) is 4. The second-order valence-electron chi connectivity index (χ2n) is 6.50. The number of nitrogens with zero attached hydrogens (tertiary/aromatic N) is 2. The molecule has 4 amide bonds. The number of methoxy groups -OCH3 is 1. The molecule has 2 heterocycles. The predicted octanol–water partition coefficient (Wildman–Crippen LogP) is 0.191. The molecule has 2 aliphatic rings. The first kappa shape index (κ1) is 18.6. The fourth-order valence-corrected chi connectivity index (χ4v) is 3.34. The Morgan fingerprint density at radius 3 is 2.74 bits per heavy atom. The smallest absolute Gasteiger partial charge is 0.322 e. The number of benzene rings is 1. The van der Waals surface area contributed by atoms with Crippen LogP contribution in [0.4, 0.5) is 10.5 Å². The molecular weight excluding hydrogens is 348 g/mol. The quantitative estimate of drug-likeness (QED) is 0.724. The van der Waals surface area contributed by atoms with Gasteiger partial charge in [0.05, 0.1) is 26.1 Å². The molecule has 1 aromatic rings. The summed E-state index contributed by atoms with van der Waals surface area (Å²) in [6.07, 6.45) is 5.73. The summed E-state index contributed by atoms with van der Waals surface area (Å²) in [5.41, 5.74) is 0.691. The number of urea groups is 1. The van der Waals surface area contributed by atoms with Gasteiger partial charge < -0.3 is 20.3 Å². The molecule has 2 aliphatic heterocycles. The molecule has 0 spiro atoms. The lowest BCUT2D eigenvalue weighted by Gasteiger charge is -2.20. The van der Waals surface area contributed by atoms with Crippen molar-refractivity contribution in [2.45, 2.75) is 12.5 Å². The summed E-state index contributed by atoms with van der Waals surface area (Å²) in [6.45, 7) is 1.25. The molecule has 0 saturated carbocycles. The molecule has 3 rings (SSSR count). The van der Waals surface area contributed by atoms with Crippen LogP contribution in [0.5, 0.6) is 5.75 Å². The fourth-order valence-electron chi connectivity index (χ4n) is 3.34. The SMILES string of the molecule is C#CCNC(=O)C1CCN(C(=O)C2CN(c3ccc(OC)cc3)C(=O)N2)C1. The first-order valence-electron chi connectivity index (χ1n) is 8.75. The Balaban J connectivity index is 1.59. The zero-order valence-electron chi connectivity index (χ0n) is 15.1. The lowest BCUT2D eigenvalue weighted by atomic mass is 10.1. The van der Waals surface area contributed by atoms with E-state index in [1.54, 1.807) is 36.3 Å². The van der Waals surface area contributed by atoms with Crippen LogP contribution in [0.1, 0.15) is 6.42 Å². The maximum absolute atomic E-state index is 12.8. The van der Waals surface area contributed by atoms with Gasteiger partial charge in [0.25, 0.3) is 0 Å². The number of amides is 4. The maximum Gasteiger partial charge on any atom is 0.322 e. The number of terminal acetylenes is 1. The largest absolute Gasteiger partial charge is 0.497 e. The number of ether oxygens (including phenoxy) is 1. The molecule has 0 aliphatic carbocycles. The van der Waals surface area contributed by atoms with Crippen LogP contribution in [0.25, 0.3) is 0 Å². The van der Waals surface area contributed by atoms with Gasteiger partial charge in [-0.15, -0.1) is 6.42 Å². The third kappa shape index (κ3) is 3.97. The molecular formula is C19H22N4O4. The van der Waals surface area contributed by atoms with E-state index in [-0.39, 0.29) is 36.9 Å². The molecule has 142 valence electrons. The van der Waals surface area contributed by atoms with Gasteiger partial charge in [0.2, 0.25) is 11.8 Å². The normalized spacial score (nSPS) is 21.6. The van der Waals surface area contributed by atoms with Crippen LogP contribution in [-0.2, 0) is 9.59 Å². The highest BCUT2D eigenvalue weighted by Crippen LogP contribution is 2.23. The number of hydrogen-bond donors (Lipinski definition) is 2. The zero-order valence-corrected chi connectivity index (χ0v) is 15.1. The highest BCUT2D eigenvalue weighted by Gasteiger charge is 2.39. The topological polar surface area (TPSA) is 91.0 Å². The minimum atomic E-state index is -0.632. The van der Waals surface area contributed by atoms with Crippen molar-refractivity contribution in [2.75, 3.05) is 38.2 Å². The summed E-state index contributed by atoms with van der Waals surface area (Å²) < 4.78 is 5.12. The first-order chi connectivity index (χ1) is 13.0. The lowest BCUT2D eigenvalue weighted by molar-refractivity contribution is -0.132. The van der Waals surface area contributed by atoms with Gasteiger partial charge >= 0.3 is 6.03 Å². The Bertz CT molecular complexity index is 771. The van der Waals surface area contributed by atoms with E-state index in [2.05, 4.69) is 16.6 Å². The molecule has 8 heteroatoms. The van der Waals surface area contributed by atoms with Gasteiger partial charge in [-0.1, -0.05) is 5.92 Å². The minimum absolute atomic E-state index is 0.140. The van der Waals surface area contributed by atoms with Crippen molar-refractivity contribution in [3.63, 3.8) is 0 Å². The molecule has 0 bridgehead atoms. The number of rotatable bonds is 5. The van der Waals surface area contributed by atoms with Crippen LogP contribution in [0.15, 0.2) is 24.3 Å². The van der Waals surface area contributed by atoms with Gasteiger partial charge in [-0.25, -0.2) is 4.79 Å². The van der Waals surface area contributed by atoms with Crippen molar-refractivity contribution in [3.05, 3.63) is 24.3 Å². The maximum atomic E-state index is 12.8. The Labute approximate surface area is 157 Å². The molecule has 8 nitrogen and oxygen atoms in total. The molecule has 2 fully saturated rings. The molecule has 0 radical (unpaired) electrons. The molecule has 27 heavy (non-hydrogen) atoms. The van der Waals surface area contributed by atoms with Crippen LogP contribution in [0.3, 0.4) is 0 Å². The Morgan fingerprint density at radius 2 is 2.07 bits per heavy atom. The average molecular weight is 370 g/mol. The summed E-state index contributed by atoms with van der Waals surface area (Å²) in [5.74, 6) is 2.47. The van der Waals surface area contributed by atoms with Gasteiger partial charge in [0.15, 0.2) is 0 Å². The fraction of sp³-hybridized carbons (Fsp3) is 0.421. The van der Waals surface area contributed by atoms with Crippen molar-refractivity contribution in [3.8, 4) is 18.1 Å². The number of likely N-dealkylation sites (tertiary alicyclic amines) is 1. The van der Waals surface area contributed by atoms with Crippen LogP contribution >= 0.6 is 0 Å². The lowest BCUT2D eigenvalue weighted by Crippen LogP contribution is -2.45. The molecule has 1 aromatic carbocycles. The number of carbonyl (C=O) groups is 3. The van der Waals surface area contributed by atoms with Gasteiger partial charge in [-0.3, -0.25) is 14.5 Å². The van der Waals surface area contributed by atoms with Gasteiger partial charge in [-0.05, 0) is 30.7 Å². The number of carbonyl (C=O) groups excluding carboxylic acids is 3.